The molecule has 0 saturated carbocycles. The van der Waals surface area contributed by atoms with Crippen LogP contribution in [0.15, 0.2) is 139 Å². The lowest BCUT2D eigenvalue weighted by molar-refractivity contribution is 1.18. The highest BCUT2D eigenvalue weighted by molar-refractivity contribution is 6.22. The predicted molar refractivity (Wildman–Crippen MR) is 161 cm³/mol. The van der Waals surface area contributed by atoms with E-state index in [-0.39, 0.29) is 22.3 Å². The molecule has 2 nitrogen and oxygen atoms in total. The molecule has 0 aliphatic heterocycles. The number of hydrogen-bond donors (Lipinski definition) is 1. The number of benzene rings is 6. The van der Waals surface area contributed by atoms with Crippen molar-refractivity contribution in [3.8, 4) is 27.9 Å². The summed E-state index contributed by atoms with van der Waals surface area (Å²) in [7, 11) is 0. The van der Waals surface area contributed by atoms with Crippen LogP contribution in [-0.2, 0) is 0 Å². The Balaban J connectivity index is 1.55. The summed E-state index contributed by atoms with van der Waals surface area (Å²) in [4.78, 5) is 3.59. The topological polar surface area (TPSA) is 20.7 Å². The van der Waals surface area contributed by atoms with Gasteiger partial charge in [0.2, 0.25) is 0 Å². The third kappa shape index (κ3) is 3.07. The van der Waals surface area contributed by atoms with E-state index >= 15 is 0 Å². The Bertz CT molecular complexity index is 2630. The highest BCUT2D eigenvalue weighted by atomic mass is 15.0. The van der Waals surface area contributed by atoms with E-state index in [4.69, 9.17) is 13.7 Å². The fourth-order valence-electron chi connectivity index (χ4n) is 5.50. The molecular formula is C36H24N2. The van der Waals surface area contributed by atoms with Crippen LogP contribution in [0, 0.1) is 0 Å². The lowest BCUT2D eigenvalue weighted by atomic mass is 9.94. The van der Waals surface area contributed by atoms with Crippen LogP contribution in [0.2, 0.25) is 0 Å². The fraction of sp³-hybridized carbons (Fsp3) is 0. The first-order chi connectivity index (χ1) is 23.0. The van der Waals surface area contributed by atoms with Gasteiger partial charge in [0.25, 0.3) is 0 Å². The summed E-state index contributed by atoms with van der Waals surface area (Å²) in [5.41, 5.74) is 4.19. The lowest BCUT2D eigenvalue weighted by Crippen LogP contribution is -1.96. The number of hydrogen-bond acceptors (Lipinski definition) is 0. The predicted octanol–water partition coefficient (Wildman–Crippen LogP) is 9.75. The summed E-state index contributed by atoms with van der Waals surface area (Å²) < 4.78 is 87.0. The van der Waals surface area contributed by atoms with E-state index in [0.717, 1.165) is 43.6 Å². The van der Waals surface area contributed by atoms with Gasteiger partial charge in [0.15, 0.2) is 0 Å². The molecule has 2 heterocycles. The van der Waals surface area contributed by atoms with Crippen LogP contribution in [0.1, 0.15) is 13.7 Å². The zero-order chi connectivity index (χ0) is 33.8. The molecule has 0 saturated heterocycles. The molecule has 0 aliphatic carbocycles. The first-order valence-corrected chi connectivity index (χ1v) is 12.2. The molecule has 2 aromatic heterocycles. The maximum absolute atomic E-state index is 8.85. The zero-order valence-corrected chi connectivity index (χ0v) is 20.0. The molecule has 8 aromatic rings. The molecule has 0 fully saturated rings. The van der Waals surface area contributed by atoms with E-state index < -0.39 is 60.4 Å². The normalized spacial score (nSPS) is 15.4. The summed E-state index contributed by atoms with van der Waals surface area (Å²) in [6.45, 7) is 0. The summed E-state index contributed by atoms with van der Waals surface area (Å²) in [6, 6.07) is 20.0. The minimum absolute atomic E-state index is 0.130. The van der Waals surface area contributed by atoms with Crippen molar-refractivity contribution >= 4 is 43.6 Å². The molecule has 2 heteroatoms. The largest absolute Gasteiger partial charge is 0.353 e. The van der Waals surface area contributed by atoms with Gasteiger partial charge in [-0.25, -0.2) is 0 Å². The summed E-state index contributed by atoms with van der Waals surface area (Å²) in [5, 5.41) is 4.03. The molecule has 38 heavy (non-hydrogen) atoms. The van der Waals surface area contributed by atoms with Crippen LogP contribution < -0.4 is 0 Å². The molecule has 178 valence electrons. The Morgan fingerprint density at radius 2 is 1.21 bits per heavy atom. The van der Waals surface area contributed by atoms with Crippen LogP contribution in [0.4, 0.5) is 0 Å². The van der Waals surface area contributed by atoms with Gasteiger partial charge in [-0.3, -0.25) is 0 Å². The molecule has 0 radical (unpaired) electrons. The van der Waals surface area contributed by atoms with Crippen molar-refractivity contribution in [3.63, 3.8) is 0 Å². The van der Waals surface area contributed by atoms with E-state index in [2.05, 4.69) is 23.2 Å². The molecule has 1 N–H and O–H groups in total. The van der Waals surface area contributed by atoms with Crippen molar-refractivity contribution in [2.24, 2.45) is 0 Å². The highest BCUT2D eigenvalue weighted by Gasteiger charge is 2.18. The second-order valence-electron chi connectivity index (χ2n) is 9.14. The van der Waals surface area contributed by atoms with E-state index in [0.29, 0.717) is 5.69 Å². The average molecular weight is 495 g/mol. The number of nitrogens with zero attached hydrogens (tertiary/aromatic N) is 1. The number of H-pyrrole nitrogens is 1. The fourth-order valence-corrected chi connectivity index (χ4v) is 5.50. The Labute approximate surface area is 234 Å². The molecule has 0 atom stereocenters. The highest BCUT2D eigenvalue weighted by Crippen LogP contribution is 2.40. The summed E-state index contributed by atoms with van der Waals surface area (Å²) in [6.07, 6.45) is 0. The standard InChI is InChI=1S/C36H24N2/c1-3-11-24(12-4-1)27-20-19-26(23-32(27)25-13-5-2-6-14-25)38-34-18-10-8-16-29(34)31-22-21-30-28-15-7-9-17-33(28)37-35(30)36(31)38/h1-23,37H/i1D,2D,3D,4D,5D,6D,11D,12D,13D,14D. The molecule has 0 bridgehead atoms. The summed E-state index contributed by atoms with van der Waals surface area (Å²) in [5.74, 6) is 0. The molecule has 0 amide bonds. The lowest BCUT2D eigenvalue weighted by Gasteiger charge is -2.15. The van der Waals surface area contributed by atoms with Gasteiger partial charge >= 0.3 is 0 Å². The van der Waals surface area contributed by atoms with Crippen molar-refractivity contribution in [2.45, 2.75) is 0 Å². The first kappa shape index (κ1) is 13.5. The van der Waals surface area contributed by atoms with Crippen LogP contribution in [0.5, 0.6) is 0 Å². The average Bonchev–Trinajstić information content (AvgIpc) is 3.65. The second-order valence-corrected chi connectivity index (χ2v) is 9.14. The van der Waals surface area contributed by atoms with Crippen molar-refractivity contribution in [3.05, 3.63) is 139 Å². The number of nitrogens with one attached hydrogen (secondary N) is 1. The van der Waals surface area contributed by atoms with Gasteiger partial charge < -0.3 is 9.55 Å². The van der Waals surface area contributed by atoms with Crippen LogP contribution >= 0.6 is 0 Å². The number of fused-ring (bicyclic) bond motifs is 7. The maximum Gasteiger partial charge on any atom is 0.0783 e. The van der Waals surface area contributed by atoms with Crippen LogP contribution in [-0.4, -0.2) is 9.55 Å². The molecule has 0 spiro atoms. The second kappa shape index (κ2) is 8.22. The van der Waals surface area contributed by atoms with E-state index in [9.17, 15) is 0 Å². The maximum atomic E-state index is 8.85. The van der Waals surface area contributed by atoms with Gasteiger partial charge in [-0.15, -0.1) is 0 Å². The van der Waals surface area contributed by atoms with Gasteiger partial charge in [0, 0.05) is 32.7 Å². The molecule has 0 aliphatic rings. The van der Waals surface area contributed by atoms with Crippen molar-refractivity contribution in [1.29, 1.82) is 0 Å². The van der Waals surface area contributed by atoms with Gasteiger partial charge in [-0.1, -0.05) is 115 Å². The van der Waals surface area contributed by atoms with E-state index in [1.165, 1.54) is 0 Å². The first-order valence-electron chi connectivity index (χ1n) is 17.2. The Kier molecular flexibility index (Phi) is 2.91. The molecular weight excluding hydrogens is 460 g/mol. The zero-order valence-electron chi connectivity index (χ0n) is 30.0. The molecule has 8 rings (SSSR count). The van der Waals surface area contributed by atoms with Crippen molar-refractivity contribution in [1.82, 2.24) is 9.55 Å². The van der Waals surface area contributed by atoms with Gasteiger partial charge in [0.1, 0.15) is 0 Å². The number of rotatable bonds is 3. The van der Waals surface area contributed by atoms with Gasteiger partial charge in [0.05, 0.1) is 30.3 Å². The number of aromatic nitrogens is 2. The minimum Gasteiger partial charge on any atom is -0.353 e. The Morgan fingerprint density at radius 1 is 0.553 bits per heavy atom. The number of para-hydroxylation sites is 2. The molecule has 6 aromatic carbocycles. The van der Waals surface area contributed by atoms with E-state index in [1.54, 1.807) is 18.2 Å². The van der Waals surface area contributed by atoms with Gasteiger partial charge in [-0.05, 0) is 46.5 Å². The van der Waals surface area contributed by atoms with E-state index in [1.807, 2.05) is 47.0 Å². The minimum atomic E-state index is -0.558. The smallest absolute Gasteiger partial charge is 0.0783 e. The molecule has 0 unspecified atom stereocenters. The van der Waals surface area contributed by atoms with Crippen LogP contribution in [0.3, 0.4) is 0 Å². The number of aromatic amines is 1. The van der Waals surface area contributed by atoms with Crippen LogP contribution in [0.25, 0.3) is 71.6 Å². The monoisotopic (exact) mass is 494 g/mol. The SMILES string of the molecule is [2H]c1c([2H])c([2H])c(-c2ccc(-n3c4ccccc4c4ccc5c6ccccc6[nH]c5c43)cc2-c2c([2H])c([2H])c([2H])c([2H])c2[2H])c([2H])c1[2H]. The van der Waals surface area contributed by atoms with Gasteiger partial charge in [-0.2, -0.15) is 0 Å². The Hall–Kier alpha value is -5.08. The third-order valence-electron chi connectivity index (χ3n) is 7.11. The third-order valence-corrected chi connectivity index (χ3v) is 7.11. The quantitative estimate of drug-likeness (QED) is 0.252. The van der Waals surface area contributed by atoms with Crippen molar-refractivity contribution < 1.29 is 13.7 Å². The summed E-state index contributed by atoms with van der Waals surface area (Å²) >= 11 is 0. The Morgan fingerprint density at radius 3 is 2.00 bits per heavy atom. The van der Waals surface area contributed by atoms with Crippen molar-refractivity contribution in [2.75, 3.05) is 0 Å².